The van der Waals surface area contributed by atoms with E-state index < -0.39 is 0 Å². The molecular weight excluding hydrogens is 242 g/mol. The van der Waals surface area contributed by atoms with Crippen molar-refractivity contribution in [3.8, 4) is 5.75 Å². The molecule has 2 amide bonds. The summed E-state index contributed by atoms with van der Waals surface area (Å²) >= 11 is 0. The van der Waals surface area contributed by atoms with E-state index in [-0.39, 0.29) is 18.1 Å². The number of benzene rings is 1. The van der Waals surface area contributed by atoms with Gasteiger partial charge in [0.05, 0.1) is 12.6 Å². The minimum atomic E-state index is -0.0446. The molecule has 2 rings (SSSR count). The second-order valence-corrected chi connectivity index (χ2v) is 4.74. The summed E-state index contributed by atoms with van der Waals surface area (Å²) in [6.07, 6.45) is 0. The number of rotatable bonds is 5. The van der Waals surface area contributed by atoms with E-state index in [2.05, 4.69) is 5.32 Å². The summed E-state index contributed by atoms with van der Waals surface area (Å²) in [5.74, 6) is 0.850. The summed E-state index contributed by atoms with van der Waals surface area (Å²) in [5, 5.41) is 2.98. The fourth-order valence-corrected chi connectivity index (χ4v) is 2.22. The molecule has 0 aliphatic carbocycles. The number of nitrogens with one attached hydrogen (secondary N) is 1. The first-order chi connectivity index (χ1) is 9.15. The van der Waals surface area contributed by atoms with Crippen molar-refractivity contribution in [2.24, 2.45) is 5.73 Å². The van der Waals surface area contributed by atoms with Gasteiger partial charge in [-0.3, -0.25) is 0 Å². The molecule has 5 nitrogen and oxygen atoms in total. The van der Waals surface area contributed by atoms with Crippen molar-refractivity contribution in [1.82, 2.24) is 10.2 Å². The lowest BCUT2D eigenvalue weighted by Gasteiger charge is -2.21. The molecule has 3 N–H and O–H groups in total. The van der Waals surface area contributed by atoms with E-state index in [0.29, 0.717) is 19.7 Å². The Hall–Kier alpha value is -1.75. The van der Waals surface area contributed by atoms with Gasteiger partial charge in [-0.25, -0.2) is 4.79 Å². The first-order valence-electron chi connectivity index (χ1n) is 6.65. The van der Waals surface area contributed by atoms with Crippen molar-refractivity contribution >= 4 is 6.03 Å². The predicted molar refractivity (Wildman–Crippen MR) is 74.1 cm³/mol. The Bertz CT molecular complexity index is 433. The summed E-state index contributed by atoms with van der Waals surface area (Å²) < 4.78 is 5.41. The van der Waals surface area contributed by atoms with Gasteiger partial charge in [-0.15, -0.1) is 0 Å². The number of hydrogen-bond acceptors (Lipinski definition) is 3. The Kier molecular flexibility index (Phi) is 4.27. The molecule has 1 heterocycles. The third-order valence-electron chi connectivity index (χ3n) is 3.40. The van der Waals surface area contributed by atoms with Crippen LogP contribution in [0.15, 0.2) is 24.3 Å². The summed E-state index contributed by atoms with van der Waals surface area (Å²) in [7, 11) is 0. The minimum absolute atomic E-state index is 0.0252. The van der Waals surface area contributed by atoms with Crippen molar-refractivity contribution in [2.75, 3.05) is 19.7 Å². The second-order valence-electron chi connectivity index (χ2n) is 4.74. The number of amides is 2. The van der Waals surface area contributed by atoms with Crippen LogP contribution in [0.4, 0.5) is 4.79 Å². The highest BCUT2D eigenvalue weighted by Crippen LogP contribution is 2.23. The van der Waals surface area contributed by atoms with Crippen molar-refractivity contribution in [3.05, 3.63) is 29.8 Å². The normalized spacial score (nSPS) is 20.3. The maximum atomic E-state index is 11.9. The average Bonchev–Trinajstić information content (AvgIpc) is 2.81. The Morgan fingerprint density at radius 2 is 2.16 bits per heavy atom. The number of ether oxygens (including phenoxy) is 1. The quantitative estimate of drug-likeness (QED) is 0.846. The highest BCUT2D eigenvalue weighted by atomic mass is 16.5. The molecule has 19 heavy (non-hydrogen) atoms. The van der Waals surface area contributed by atoms with Crippen molar-refractivity contribution in [2.45, 2.75) is 25.9 Å². The lowest BCUT2D eigenvalue weighted by molar-refractivity contribution is 0.203. The van der Waals surface area contributed by atoms with E-state index >= 15 is 0 Å². The van der Waals surface area contributed by atoms with E-state index in [4.69, 9.17) is 10.5 Å². The van der Waals surface area contributed by atoms with E-state index in [1.807, 2.05) is 38.1 Å². The average molecular weight is 263 g/mol. The van der Waals surface area contributed by atoms with Crippen molar-refractivity contribution < 1.29 is 9.53 Å². The SMILES string of the molecule is CCOc1ccc(C2CN(C(C)CN)C(=O)N2)cc1. The fraction of sp³-hybridized carbons (Fsp3) is 0.500. The van der Waals surface area contributed by atoms with Gasteiger partial charge in [0.2, 0.25) is 0 Å². The number of nitrogens with zero attached hydrogens (tertiary/aromatic N) is 1. The van der Waals surface area contributed by atoms with Gasteiger partial charge in [0, 0.05) is 19.1 Å². The number of nitrogens with two attached hydrogens (primary N) is 1. The third-order valence-corrected chi connectivity index (χ3v) is 3.40. The number of carbonyl (C=O) groups excluding carboxylic acids is 1. The second kappa shape index (κ2) is 5.93. The number of urea groups is 1. The number of carbonyl (C=O) groups is 1. The van der Waals surface area contributed by atoms with Crippen LogP contribution in [0.3, 0.4) is 0 Å². The van der Waals surface area contributed by atoms with Crippen LogP contribution in [0.2, 0.25) is 0 Å². The van der Waals surface area contributed by atoms with Gasteiger partial charge in [0.25, 0.3) is 0 Å². The van der Waals surface area contributed by atoms with E-state index in [1.54, 1.807) is 4.90 Å². The van der Waals surface area contributed by atoms with Gasteiger partial charge >= 0.3 is 6.03 Å². The molecule has 0 spiro atoms. The molecular formula is C14H21N3O2. The zero-order valence-electron chi connectivity index (χ0n) is 11.4. The maximum Gasteiger partial charge on any atom is 0.318 e. The first-order valence-corrected chi connectivity index (χ1v) is 6.65. The van der Waals surface area contributed by atoms with Crippen molar-refractivity contribution in [3.63, 3.8) is 0 Å². The molecule has 5 heteroatoms. The lowest BCUT2D eigenvalue weighted by atomic mass is 10.1. The molecule has 1 aliphatic heterocycles. The molecule has 1 saturated heterocycles. The molecule has 1 fully saturated rings. The van der Waals surface area contributed by atoms with Crippen LogP contribution in [0.5, 0.6) is 5.75 Å². The smallest absolute Gasteiger partial charge is 0.318 e. The Morgan fingerprint density at radius 1 is 1.47 bits per heavy atom. The summed E-state index contributed by atoms with van der Waals surface area (Å²) in [5.41, 5.74) is 6.70. The Labute approximate surface area is 113 Å². The molecule has 0 radical (unpaired) electrons. The van der Waals surface area contributed by atoms with Gasteiger partial charge in [0.1, 0.15) is 5.75 Å². The summed E-state index contributed by atoms with van der Waals surface area (Å²) in [6.45, 7) is 5.70. The Balaban J connectivity index is 2.05. The van der Waals surface area contributed by atoms with Crippen molar-refractivity contribution in [1.29, 1.82) is 0 Å². The van der Waals surface area contributed by atoms with Gasteiger partial charge in [0.15, 0.2) is 0 Å². The Morgan fingerprint density at radius 3 is 2.74 bits per heavy atom. The van der Waals surface area contributed by atoms with Crippen LogP contribution in [0, 0.1) is 0 Å². The molecule has 1 aliphatic rings. The zero-order valence-corrected chi connectivity index (χ0v) is 11.4. The standard InChI is InChI=1S/C14H21N3O2/c1-3-19-12-6-4-11(5-7-12)13-9-17(10(2)8-15)14(18)16-13/h4-7,10,13H,3,8-9,15H2,1-2H3,(H,16,18). The third kappa shape index (κ3) is 2.98. The van der Waals surface area contributed by atoms with Crippen LogP contribution < -0.4 is 15.8 Å². The van der Waals surface area contributed by atoms with Gasteiger partial charge in [-0.1, -0.05) is 12.1 Å². The largest absolute Gasteiger partial charge is 0.494 e. The van der Waals surface area contributed by atoms with Crippen LogP contribution in [0.25, 0.3) is 0 Å². The first kappa shape index (κ1) is 13.7. The molecule has 1 aromatic rings. The maximum absolute atomic E-state index is 11.9. The highest BCUT2D eigenvalue weighted by Gasteiger charge is 2.32. The van der Waals surface area contributed by atoms with Crippen LogP contribution >= 0.6 is 0 Å². The van der Waals surface area contributed by atoms with Crippen LogP contribution in [-0.4, -0.2) is 36.7 Å². The summed E-state index contributed by atoms with van der Waals surface area (Å²) in [4.78, 5) is 13.6. The zero-order chi connectivity index (χ0) is 13.8. The molecule has 0 aromatic heterocycles. The molecule has 2 unspecified atom stereocenters. The van der Waals surface area contributed by atoms with Gasteiger partial charge in [-0.2, -0.15) is 0 Å². The molecule has 0 saturated carbocycles. The monoisotopic (exact) mass is 263 g/mol. The molecule has 104 valence electrons. The highest BCUT2D eigenvalue weighted by molar-refractivity contribution is 5.77. The van der Waals surface area contributed by atoms with E-state index in [1.165, 1.54) is 0 Å². The summed E-state index contributed by atoms with van der Waals surface area (Å²) in [6, 6.07) is 7.89. The lowest BCUT2D eigenvalue weighted by Crippen LogP contribution is -2.40. The fourth-order valence-electron chi connectivity index (χ4n) is 2.22. The van der Waals surface area contributed by atoms with Crippen LogP contribution in [0.1, 0.15) is 25.5 Å². The minimum Gasteiger partial charge on any atom is -0.494 e. The number of hydrogen-bond donors (Lipinski definition) is 2. The van der Waals surface area contributed by atoms with Gasteiger partial charge in [-0.05, 0) is 31.5 Å². The van der Waals surface area contributed by atoms with E-state index in [9.17, 15) is 4.79 Å². The predicted octanol–water partition coefficient (Wildman–Crippen LogP) is 1.50. The molecule has 0 bridgehead atoms. The van der Waals surface area contributed by atoms with Crippen LogP contribution in [-0.2, 0) is 0 Å². The molecule has 2 atom stereocenters. The van der Waals surface area contributed by atoms with E-state index in [0.717, 1.165) is 11.3 Å². The van der Waals surface area contributed by atoms with Gasteiger partial charge < -0.3 is 20.7 Å². The topological polar surface area (TPSA) is 67.6 Å². The molecule has 1 aromatic carbocycles.